The monoisotopic (exact) mass is 702 g/mol. The second-order valence-corrected chi connectivity index (χ2v) is 8.94. The standard InChI is InChI=1S/C20H18F20O4/c21-9(5-1-3-7-13(23,24)25)15(29,30)19(37,38)17(33,34)11(41)43-44-12(42)18(35,36)20(39,40)16(31,32)10(22)6-2-4-8-14(26,27)28/h9-10H,1-8H2. The molecule has 4 nitrogen and oxygen atoms in total. The maximum atomic E-state index is 13.7. The minimum Gasteiger partial charge on any atom is -0.241 e. The average Bonchev–Trinajstić information content (AvgIpc) is 2.85. The van der Waals surface area contributed by atoms with Crippen LogP contribution in [0.3, 0.4) is 0 Å². The van der Waals surface area contributed by atoms with E-state index in [1.807, 2.05) is 0 Å². The maximum Gasteiger partial charge on any atom is 0.431 e. The minimum absolute atomic E-state index is 1.17. The third kappa shape index (κ3) is 9.52. The molecule has 24 heteroatoms. The number of carbonyl (C=O) groups excluding carboxylic acids is 2. The molecular formula is C20H18F20O4. The number of rotatable bonds is 16. The lowest BCUT2D eigenvalue weighted by Crippen LogP contribution is -2.63. The largest absolute Gasteiger partial charge is 0.431 e. The molecule has 0 aromatic rings. The summed E-state index contributed by atoms with van der Waals surface area (Å²) in [4.78, 5) is 27.0. The van der Waals surface area contributed by atoms with Crippen molar-refractivity contribution in [1.29, 1.82) is 0 Å². The Kier molecular flexibility index (Phi) is 13.1. The number of alkyl halides is 20. The van der Waals surface area contributed by atoms with Crippen molar-refractivity contribution < 1.29 is 107 Å². The Balaban J connectivity index is 5.58. The predicted molar refractivity (Wildman–Crippen MR) is 101 cm³/mol. The van der Waals surface area contributed by atoms with Gasteiger partial charge in [0.05, 0.1) is 0 Å². The van der Waals surface area contributed by atoms with Crippen LogP contribution in [0.4, 0.5) is 87.8 Å². The predicted octanol–water partition coefficient (Wildman–Crippen LogP) is 8.72. The second-order valence-electron chi connectivity index (χ2n) is 8.94. The van der Waals surface area contributed by atoms with Crippen molar-refractivity contribution in [2.45, 2.75) is 112 Å². The summed E-state index contributed by atoms with van der Waals surface area (Å²) in [5, 5.41) is 0. The minimum atomic E-state index is -7.26. The molecule has 0 aromatic carbocycles. The van der Waals surface area contributed by atoms with E-state index in [1.54, 1.807) is 0 Å². The van der Waals surface area contributed by atoms with Crippen molar-refractivity contribution in [3.8, 4) is 0 Å². The zero-order valence-corrected chi connectivity index (χ0v) is 21.0. The first-order valence-electron chi connectivity index (χ1n) is 11.4. The van der Waals surface area contributed by atoms with Gasteiger partial charge in [-0.15, -0.1) is 0 Å². The highest BCUT2D eigenvalue weighted by Crippen LogP contribution is 2.51. The van der Waals surface area contributed by atoms with E-state index in [4.69, 9.17) is 0 Å². The first-order chi connectivity index (χ1) is 19.3. The van der Waals surface area contributed by atoms with E-state index in [1.165, 1.54) is 0 Å². The highest BCUT2D eigenvalue weighted by molar-refractivity contribution is 5.82. The van der Waals surface area contributed by atoms with Crippen LogP contribution in [-0.4, -0.2) is 72.2 Å². The highest BCUT2D eigenvalue weighted by atomic mass is 19.4. The summed E-state index contributed by atoms with van der Waals surface area (Å²) in [6.45, 7) is 0. The van der Waals surface area contributed by atoms with E-state index in [-0.39, 0.29) is 0 Å². The molecule has 0 radical (unpaired) electrons. The molecule has 0 spiro atoms. The van der Waals surface area contributed by atoms with Crippen LogP contribution in [0.15, 0.2) is 0 Å². The summed E-state index contributed by atoms with van der Waals surface area (Å²) in [7, 11) is 0. The number of halogens is 20. The van der Waals surface area contributed by atoms with Crippen LogP contribution in [0.1, 0.15) is 51.4 Å². The van der Waals surface area contributed by atoms with Gasteiger partial charge in [-0.2, -0.15) is 79.0 Å². The topological polar surface area (TPSA) is 52.6 Å². The molecule has 0 heterocycles. The van der Waals surface area contributed by atoms with Crippen molar-refractivity contribution in [1.82, 2.24) is 0 Å². The van der Waals surface area contributed by atoms with Gasteiger partial charge in [0, 0.05) is 12.8 Å². The zero-order chi connectivity index (χ0) is 35.4. The van der Waals surface area contributed by atoms with Gasteiger partial charge in [-0.05, 0) is 38.5 Å². The van der Waals surface area contributed by atoms with Gasteiger partial charge in [-0.3, -0.25) is 0 Å². The fourth-order valence-electron chi connectivity index (χ4n) is 2.91. The van der Waals surface area contributed by atoms with Crippen molar-refractivity contribution in [2.75, 3.05) is 0 Å². The summed E-state index contributed by atoms with van der Waals surface area (Å²) in [6.07, 6.45) is -30.9. The Morgan fingerprint density at radius 1 is 0.455 bits per heavy atom. The molecule has 2 atom stereocenters. The molecule has 0 rings (SSSR count). The lowest BCUT2D eigenvalue weighted by atomic mass is 9.96. The van der Waals surface area contributed by atoms with Crippen LogP contribution in [-0.2, 0) is 19.4 Å². The molecule has 0 aliphatic heterocycles. The molecule has 0 aliphatic rings. The van der Waals surface area contributed by atoms with Crippen molar-refractivity contribution in [3.05, 3.63) is 0 Å². The van der Waals surface area contributed by atoms with Crippen molar-refractivity contribution in [2.24, 2.45) is 0 Å². The molecule has 0 fully saturated rings. The van der Waals surface area contributed by atoms with Crippen molar-refractivity contribution in [3.63, 3.8) is 0 Å². The molecule has 0 N–H and O–H groups in total. The first-order valence-corrected chi connectivity index (χ1v) is 11.4. The summed E-state index contributed by atoms with van der Waals surface area (Å²) >= 11 is 0. The van der Waals surface area contributed by atoms with Crippen LogP contribution in [0, 0.1) is 0 Å². The normalized spacial score (nSPS) is 16.0. The highest BCUT2D eigenvalue weighted by Gasteiger charge is 2.80. The fourth-order valence-corrected chi connectivity index (χ4v) is 2.91. The molecular weight excluding hydrogens is 684 g/mol. The Morgan fingerprint density at radius 3 is 0.932 bits per heavy atom. The summed E-state index contributed by atoms with van der Waals surface area (Å²) in [6, 6.07) is 0. The third-order valence-corrected chi connectivity index (χ3v) is 5.45. The Labute approximate surface area is 231 Å². The van der Waals surface area contributed by atoms with Crippen LogP contribution in [0.5, 0.6) is 0 Å². The Hall–Kier alpha value is -2.46. The second kappa shape index (κ2) is 13.9. The summed E-state index contributed by atoms with van der Waals surface area (Å²) < 4.78 is 264. The van der Waals surface area contributed by atoms with Gasteiger partial charge < -0.3 is 0 Å². The molecule has 262 valence electrons. The third-order valence-electron chi connectivity index (χ3n) is 5.45. The van der Waals surface area contributed by atoms with Gasteiger partial charge in [0.25, 0.3) is 0 Å². The molecule has 0 aromatic heterocycles. The van der Waals surface area contributed by atoms with Crippen LogP contribution in [0.25, 0.3) is 0 Å². The van der Waals surface area contributed by atoms with E-state index in [2.05, 4.69) is 9.78 Å². The number of hydrogen-bond donors (Lipinski definition) is 0. The molecule has 2 unspecified atom stereocenters. The Bertz CT molecular complexity index is 882. The van der Waals surface area contributed by atoms with Gasteiger partial charge >= 0.3 is 59.8 Å². The SMILES string of the molecule is O=C(OOC(=O)C(F)(F)C(F)(F)C(F)(F)C(F)CCCCC(F)(F)F)C(F)(F)C(F)(F)C(F)(F)C(F)CCCCC(F)(F)F. The van der Waals surface area contributed by atoms with Gasteiger partial charge in [-0.1, -0.05) is 0 Å². The van der Waals surface area contributed by atoms with Gasteiger partial charge in [0.1, 0.15) is 0 Å². The summed E-state index contributed by atoms with van der Waals surface area (Å²) in [5.74, 6) is -50.7. The molecule has 0 bridgehead atoms. The van der Waals surface area contributed by atoms with Gasteiger partial charge in [-0.25, -0.2) is 28.1 Å². The first kappa shape index (κ1) is 41.5. The van der Waals surface area contributed by atoms with Crippen LogP contribution in [0.2, 0.25) is 0 Å². The fraction of sp³-hybridized carbons (Fsp3) is 0.900. The number of hydrogen-bond acceptors (Lipinski definition) is 4. The lowest BCUT2D eigenvalue weighted by Gasteiger charge is -2.33. The van der Waals surface area contributed by atoms with E-state index in [9.17, 15) is 97.4 Å². The van der Waals surface area contributed by atoms with E-state index in [0.717, 1.165) is 0 Å². The zero-order valence-electron chi connectivity index (χ0n) is 21.0. The lowest BCUT2D eigenvalue weighted by molar-refractivity contribution is -0.353. The quantitative estimate of drug-likeness (QED) is 0.0699. The van der Waals surface area contributed by atoms with Crippen LogP contribution >= 0.6 is 0 Å². The maximum absolute atomic E-state index is 13.7. The molecule has 0 saturated heterocycles. The molecule has 44 heavy (non-hydrogen) atoms. The molecule has 0 aliphatic carbocycles. The van der Waals surface area contributed by atoms with Crippen molar-refractivity contribution >= 4 is 11.9 Å². The Morgan fingerprint density at radius 2 is 0.705 bits per heavy atom. The van der Waals surface area contributed by atoms with E-state index < -0.39 is 124 Å². The summed E-state index contributed by atoms with van der Waals surface area (Å²) in [5.41, 5.74) is 0. The number of unbranched alkanes of at least 4 members (excludes halogenated alkanes) is 2. The molecule has 0 amide bonds. The van der Waals surface area contributed by atoms with Gasteiger partial charge in [0.15, 0.2) is 12.3 Å². The van der Waals surface area contributed by atoms with E-state index in [0.29, 0.717) is 0 Å². The van der Waals surface area contributed by atoms with Gasteiger partial charge in [0.2, 0.25) is 0 Å². The number of carbonyl (C=O) groups is 2. The average molecular weight is 702 g/mol. The van der Waals surface area contributed by atoms with Crippen LogP contribution < -0.4 is 0 Å². The molecule has 0 saturated carbocycles. The van der Waals surface area contributed by atoms with E-state index >= 15 is 0 Å². The smallest absolute Gasteiger partial charge is 0.241 e.